The molecule has 1 aromatic heterocycles. The first-order valence-electron chi connectivity index (χ1n) is 9.28. The number of rotatable bonds is 7. The van der Waals surface area contributed by atoms with E-state index in [1.165, 1.54) is 11.1 Å². The van der Waals surface area contributed by atoms with E-state index in [0.717, 1.165) is 62.3 Å². The number of hydrogen-bond donors (Lipinski definition) is 2. The van der Waals surface area contributed by atoms with Crippen LogP contribution in [0.4, 0.5) is 0 Å². The Bertz CT molecular complexity index is 767. The Morgan fingerprint density at radius 1 is 1.31 bits per heavy atom. The zero-order valence-electron chi connectivity index (χ0n) is 15.9. The van der Waals surface area contributed by atoms with Gasteiger partial charge in [0.2, 0.25) is 0 Å². The third-order valence-electron chi connectivity index (χ3n) is 4.53. The van der Waals surface area contributed by atoms with Crippen LogP contribution in [0.25, 0.3) is 0 Å². The van der Waals surface area contributed by atoms with Crippen molar-refractivity contribution < 1.29 is 4.74 Å². The number of nitrogens with zero attached hydrogens (tertiary/aromatic N) is 4. The van der Waals surface area contributed by atoms with E-state index in [4.69, 9.17) is 4.74 Å². The highest BCUT2D eigenvalue weighted by molar-refractivity contribution is 5.79. The van der Waals surface area contributed by atoms with Gasteiger partial charge in [0.25, 0.3) is 0 Å². The highest BCUT2D eigenvalue weighted by Gasteiger charge is 2.16. The van der Waals surface area contributed by atoms with Crippen molar-refractivity contribution in [1.29, 1.82) is 0 Å². The Hall–Kier alpha value is -2.57. The molecule has 0 bridgehead atoms. The molecule has 2 aromatic rings. The predicted molar refractivity (Wildman–Crippen MR) is 103 cm³/mol. The van der Waals surface area contributed by atoms with Gasteiger partial charge >= 0.3 is 0 Å². The van der Waals surface area contributed by atoms with Gasteiger partial charge in [-0.15, -0.1) is 10.2 Å². The molecule has 0 spiro atoms. The fraction of sp³-hybridized carbons (Fsp3) is 0.526. The minimum Gasteiger partial charge on any atom is -0.496 e. The zero-order chi connectivity index (χ0) is 18.4. The second kappa shape index (κ2) is 8.69. The third-order valence-corrected chi connectivity index (χ3v) is 4.53. The number of fused-ring (bicyclic) bond motifs is 1. The van der Waals surface area contributed by atoms with Crippen LogP contribution in [0.5, 0.6) is 5.75 Å². The molecule has 2 N–H and O–H groups in total. The fourth-order valence-electron chi connectivity index (χ4n) is 3.24. The number of hydrogen-bond acceptors (Lipinski definition) is 4. The van der Waals surface area contributed by atoms with E-state index >= 15 is 0 Å². The van der Waals surface area contributed by atoms with Crippen LogP contribution in [0.1, 0.15) is 36.1 Å². The highest BCUT2D eigenvalue weighted by Crippen LogP contribution is 2.19. The second-order valence-corrected chi connectivity index (χ2v) is 6.47. The summed E-state index contributed by atoms with van der Waals surface area (Å²) in [5, 5.41) is 15.2. The quantitative estimate of drug-likeness (QED) is 0.585. The molecule has 1 aliphatic heterocycles. The van der Waals surface area contributed by atoms with Crippen molar-refractivity contribution in [1.82, 2.24) is 25.4 Å². The van der Waals surface area contributed by atoms with Crippen LogP contribution in [0.2, 0.25) is 0 Å². The maximum Gasteiger partial charge on any atom is 0.191 e. The molecule has 0 saturated carbocycles. The van der Waals surface area contributed by atoms with Gasteiger partial charge in [-0.3, -0.25) is 0 Å². The summed E-state index contributed by atoms with van der Waals surface area (Å²) in [6.07, 6.45) is 3.04. The first-order chi connectivity index (χ1) is 12.7. The van der Waals surface area contributed by atoms with Gasteiger partial charge in [0.15, 0.2) is 11.8 Å². The van der Waals surface area contributed by atoms with Crippen molar-refractivity contribution in [3.63, 3.8) is 0 Å². The number of methoxy groups -OCH3 is 1. The zero-order valence-corrected chi connectivity index (χ0v) is 15.9. The van der Waals surface area contributed by atoms with Crippen molar-refractivity contribution in [2.45, 2.75) is 46.2 Å². The Kier molecular flexibility index (Phi) is 6.09. The lowest BCUT2D eigenvalue weighted by atomic mass is 10.1. The number of aliphatic imine (C=N–C) groups is 1. The molecule has 0 amide bonds. The minimum atomic E-state index is 0.538. The molecule has 0 atom stereocenters. The first kappa shape index (κ1) is 18.2. The molecule has 1 aromatic carbocycles. The maximum atomic E-state index is 5.45. The summed E-state index contributed by atoms with van der Waals surface area (Å²) >= 11 is 0. The van der Waals surface area contributed by atoms with E-state index in [1.807, 2.05) is 6.07 Å². The smallest absolute Gasteiger partial charge is 0.191 e. The molecule has 0 unspecified atom stereocenters. The van der Waals surface area contributed by atoms with Crippen molar-refractivity contribution in [2.24, 2.45) is 4.99 Å². The summed E-state index contributed by atoms with van der Waals surface area (Å²) in [6, 6.07) is 6.26. The molecule has 3 rings (SSSR count). The molecule has 26 heavy (non-hydrogen) atoms. The molecule has 2 heterocycles. The summed E-state index contributed by atoms with van der Waals surface area (Å²) in [5.74, 6) is 3.75. The Morgan fingerprint density at radius 2 is 2.19 bits per heavy atom. The largest absolute Gasteiger partial charge is 0.496 e. The highest BCUT2D eigenvalue weighted by atomic mass is 16.5. The van der Waals surface area contributed by atoms with E-state index < -0.39 is 0 Å². The first-order valence-corrected chi connectivity index (χ1v) is 9.28. The van der Waals surface area contributed by atoms with Crippen LogP contribution < -0.4 is 15.4 Å². The van der Waals surface area contributed by atoms with Crippen LogP contribution in [0.3, 0.4) is 0 Å². The normalized spacial score (nSPS) is 13.6. The second-order valence-electron chi connectivity index (χ2n) is 6.47. The van der Waals surface area contributed by atoms with E-state index in [-0.39, 0.29) is 0 Å². The molecule has 0 radical (unpaired) electrons. The van der Waals surface area contributed by atoms with E-state index in [1.54, 1.807) is 7.11 Å². The molecule has 0 aliphatic carbocycles. The van der Waals surface area contributed by atoms with Gasteiger partial charge in [-0.25, -0.2) is 4.99 Å². The summed E-state index contributed by atoms with van der Waals surface area (Å²) in [6.45, 7) is 7.30. The number of ether oxygens (including phenoxy) is 1. The molecule has 140 valence electrons. The lowest BCUT2D eigenvalue weighted by Crippen LogP contribution is -2.38. The van der Waals surface area contributed by atoms with Crippen LogP contribution >= 0.6 is 0 Å². The SMILES string of the molecule is CCNC(=NCc1nnc2n1CCC2)NCCc1cc(C)ccc1OC. The van der Waals surface area contributed by atoms with Gasteiger partial charge in [0.05, 0.1) is 7.11 Å². The number of aryl methyl sites for hydroxylation is 2. The van der Waals surface area contributed by atoms with E-state index in [9.17, 15) is 0 Å². The van der Waals surface area contributed by atoms with Crippen molar-refractivity contribution in [3.05, 3.63) is 41.0 Å². The Morgan fingerprint density at radius 3 is 3.00 bits per heavy atom. The molecule has 0 saturated heterocycles. The van der Waals surface area contributed by atoms with E-state index in [0.29, 0.717) is 6.54 Å². The summed E-state index contributed by atoms with van der Waals surface area (Å²) < 4.78 is 7.64. The van der Waals surface area contributed by atoms with Gasteiger partial charge in [-0.1, -0.05) is 17.7 Å². The van der Waals surface area contributed by atoms with Crippen LogP contribution in [0.15, 0.2) is 23.2 Å². The average Bonchev–Trinajstić information content (AvgIpc) is 3.24. The number of guanidine groups is 1. The average molecular weight is 356 g/mol. The molecule has 1 aliphatic rings. The van der Waals surface area contributed by atoms with Crippen LogP contribution in [-0.2, 0) is 25.9 Å². The van der Waals surface area contributed by atoms with Crippen molar-refractivity contribution in [3.8, 4) is 5.75 Å². The molecular formula is C19H28N6O. The van der Waals surface area contributed by atoms with Crippen molar-refractivity contribution in [2.75, 3.05) is 20.2 Å². The lowest BCUT2D eigenvalue weighted by molar-refractivity contribution is 0.409. The number of nitrogens with one attached hydrogen (secondary N) is 2. The molecule has 7 heteroatoms. The monoisotopic (exact) mass is 356 g/mol. The summed E-state index contributed by atoms with van der Waals surface area (Å²) in [4.78, 5) is 4.66. The predicted octanol–water partition coefficient (Wildman–Crippen LogP) is 1.84. The third kappa shape index (κ3) is 4.33. The van der Waals surface area contributed by atoms with Gasteiger partial charge in [0, 0.05) is 26.1 Å². The lowest BCUT2D eigenvalue weighted by Gasteiger charge is -2.13. The van der Waals surface area contributed by atoms with Gasteiger partial charge in [0.1, 0.15) is 18.1 Å². The van der Waals surface area contributed by atoms with E-state index in [2.05, 4.69) is 56.4 Å². The summed E-state index contributed by atoms with van der Waals surface area (Å²) in [7, 11) is 1.71. The van der Waals surface area contributed by atoms with Gasteiger partial charge in [-0.2, -0.15) is 0 Å². The molecular weight excluding hydrogens is 328 g/mol. The van der Waals surface area contributed by atoms with Crippen LogP contribution in [-0.4, -0.2) is 40.9 Å². The molecule has 0 fully saturated rings. The standard InChI is InChI=1S/C19H28N6O/c1-4-20-19(22-13-18-24-23-17-6-5-11-25(17)18)21-10-9-15-12-14(2)7-8-16(15)26-3/h7-8,12H,4-6,9-11,13H2,1-3H3,(H2,20,21,22). The fourth-order valence-corrected chi connectivity index (χ4v) is 3.24. The topological polar surface area (TPSA) is 76.4 Å². The summed E-state index contributed by atoms with van der Waals surface area (Å²) in [5.41, 5.74) is 2.44. The van der Waals surface area contributed by atoms with Gasteiger partial charge < -0.3 is 19.9 Å². The number of aromatic nitrogens is 3. The number of benzene rings is 1. The maximum absolute atomic E-state index is 5.45. The minimum absolute atomic E-state index is 0.538. The Labute approximate surface area is 154 Å². The van der Waals surface area contributed by atoms with Crippen molar-refractivity contribution >= 4 is 5.96 Å². The molecule has 7 nitrogen and oxygen atoms in total. The van der Waals surface area contributed by atoms with Gasteiger partial charge in [-0.05, 0) is 38.3 Å². The Balaban J connectivity index is 1.59. The van der Waals surface area contributed by atoms with Crippen LogP contribution in [0, 0.1) is 6.92 Å².